The van der Waals surface area contributed by atoms with Gasteiger partial charge in [0.25, 0.3) is 0 Å². The molecule has 3 N–H and O–H groups in total. The van der Waals surface area contributed by atoms with Crippen molar-refractivity contribution < 1.29 is 0 Å². The summed E-state index contributed by atoms with van der Waals surface area (Å²) in [7, 11) is 0. The Balaban J connectivity index is 2.19. The molecular formula is C12H18N4S. The second-order valence-corrected chi connectivity index (χ2v) is 5.48. The van der Waals surface area contributed by atoms with Crippen molar-refractivity contribution in [3.63, 3.8) is 0 Å². The number of nitrogens with two attached hydrogens (primary N) is 1. The van der Waals surface area contributed by atoms with Gasteiger partial charge in [0, 0.05) is 12.6 Å². The normalized spacial score (nSPS) is 13.2. The molecule has 1 atom stereocenters. The molecule has 0 aliphatic rings. The monoisotopic (exact) mass is 250 g/mol. The predicted octanol–water partition coefficient (Wildman–Crippen LogP) is 2.48. The summed E-state index contributed by atoms with van der Waals surface area (Å²) in [6, 6.07) is 2.28. The number of fused-ring (bicyclic) bond motifs is 1. The Bertz CT molecular complexity index is 480. The van der Waals surface area contributed by atoms with Crippen molar-refractivity contribution in [1.29, 1.82) is 0 Å². The molecule has 5 heteroatoms. The van der Waals surface area contributed by atoms with Crippen LogP contribution < -0.4 is 11.1 Å². The smallest absolute Gasteiger partial charge is 0.147 e. The van der Waals surface area contributed by atoms with Crippen LogP contribution in [0, 0.1) is 5.92 Å². The minimum atomic E-state index is 0.273. The molecular weight excluding hydrogens is 232 g/mol. The molecule has 0 saturated heterocycles. The minimum Gasteiger partial charge on any atom is -0.365 e. The van der Waals surface area contributed by atoms with Crippen molar-refractivity contribution in [1.82, 2.24) is 9.97 Å². The number of anilines is 1. The fourth-order valence-corrected chi connectivity index (χ4v) is 2.67. The van der Waals surface area contributed by atoms with Gasteiger partial charge in [-0.2, -0.15) is 0 Å². The fraction of sp³-hybridized carbons (Fsp3) is 0.500. The van der Waals surface area contributed by atoms with Crippen molar-refractivity contribution >= 4 is 27.4 Å². The van der Waals surface area contributed by atoms with Gasteiger partial charge in [0.2, 0.25) is 0 Å². The number of thiophene rings is 1. The molecule has 0 saturated carbocycles. The molecule has 0 radical (unpaired) electrons. The van der Waals surface area contributed by atoms with E-state index in [1.54, 1.807) is 17.7 Å². The zero-order valence-corrected chi connectivity index (χ0v) is 11.0. The van der Waals surface area contributed by atoms with Crippen LogP contribution in [0.2, 0.25) is 0 Å². The summed E-state index contributed by atoms with van der Waals surface area (Å²) in [5.74, 6) is 1.53. The second-order valence-electron chi connectivity index (χ2n) is 4.56. The van der Waals surface area contributed by atoms with Crippen LogP contribution >= 0.6 is 11.3 Å². The zero-order chi connectivity index (χ0) is 12.3. The van der Waals surface area contributed by atoms with Gasteiger partial charge in [0.15, 0.2) is 0 Å². The van der Waals surface area contributed by atoms with E-state index in [9.17, 15) is 0 Å². The van der Waals surface area contributed by atoms with Crippen molar-refractivity contribution in [3.05, 3.63) is 17.8 Å². The molecule has 0 bridgehead atoms. The third kappa shape index (κ3) is 2.92. The van der Waals surface area contributed by atoms with E-state index in [2.05, 4.69) is 29.1 Å². The number of rotatable bonds is 5. The van der Waals surface area contributed by atoms with E-state index >= 15 is 0 Å². The molecule has 17 heavy (non-hydrogen) atoms. The van der Waals surface area contributed by atoms with Gasteiger partial charge in [-0.05, 0) is 23.8 Å². The first kappa shape index (κ1) is 12.3. The Morgan fingerprint density at radius 1 is 1.41 bits per heavy atom. The van der Waals surface area contributed by atoms with Gasteiger partial charge in [0.05, 0.1) is 10.2 Å². The molecule has 0 aliphatic heterocycles. The van der Waals surface area contributed by atoms with E-state index in [0.717, 1.165) is 22.5 Å². The maximum atomic E-state index is 5.79. The van der Waals surface area contributed by atoms with Crippen molar-refractivity contribution in [2.24, 2.45) is 11.7 Å². The number of nitrogens with zero attached hydrogens (tertiary/aromatic N) is 2. The summed E-state index contributed by atoms with van der Waals surface area (Å²) in [5.41, 5.74) is 6.78. The first-order chi connectivity index (χ1) is 8.20. The number of nitrogens with one attached hydrogen (secondary N) is 1. The molecule has 2 aromatic rings. The summed E-state index contributed by atoms with van der Waals surface area (Å²) < 4.78 is 1.11. The number of hydrogen-bond donors (Lipinski definition) is 2. The van der Waals surface area contributed by atoms with E-state index in [1.807, 2.05) is 11.4 Å². The Kier molecular flexibility index (Phi) is 3.91. The Morgan fingerprint density at radius 3 is 2.94 bits per heavy atom. The number of aromatic nitrogens is 2. The van der Waals surface area contributed by atoms with Crippen LogP contribution in [0.5, 0.6) is 0 Å². The van der Waals surface area contributed by atoms with Crippen LogP contribution in [-0.2, 0) is 0 Å². The molecule has 1 unspecified atom stereocenters. The number of hydrogen-bond acceptors (Lipinski definition) is 5. The fourth-order valence-electron chi connectivity index (χ4n) is 1.87. The van der Waals surface area contributed by atoms with E-state index < -0.39 is 0 Å². The predicted molar refractivity (Wildman–Crippen MR) is 73.3 cm³/mol. The SMILES string of the molecule is CC(C)CC(CN)Nc1ncnc2ccsc12. The summed E-state index contributed by atoms with van der Waals surface area (Å²) in [6.07, 6.45) is 2.65. The van der Waals surface area contributed by atoms with Gasteiger partial charge in [-0.1, -0.05) is 13.8 Å². The first-order valence-electron chi connectivity index (χ1n) is 5.85. The van der Waals surface area contributed by atoms with Crippen LogP contribution in [0.1, 0.15) is 20.3 Å². The average Bonchev–Trinajstić information content (AvgIpc) is 2.76. The van der Waals surface area contributed by atoms with Crippen LogP contribution in [0.15, 0.2) is 17.8 Å². The first-order valence-corrected chi connectivity index (χ1v) is 6.73. The largest absolute Gasteiger partial charge is 0.365 e. The highest BCUT2D eigenvalue weighted by atomic mass is 32.1. The van der Waals surface area contributed by atoms with Gasteiger partial charge in [0.1, 0.15) is 12.1 Å². The van der Waals surface area contributed by atoms with Gasteiger partial charge in [-0.25, -0.2) is 9.97 Å². The van der Waals surface area contributed by atoms with E-state index in [4.69, 9.17) is 5.73 Å². The van der Waals surface area contributed by atoms with Crippen LogP contribution in [0.3, 0.4) is 0 Å². The molecule has 2 aromatic heterocycles. The molecule has 0 spiro atoms. The van der Waals surface area contributed by atoms with Crippen molar-refractivity contribution in [3.8, 4) is 0 Å². The van der Waals surface area contributed by atoms with E-state index in [1.165, 1.54) is 0 Å². The molecule has 0 amide bonds. The summed E-state index contributed by atoms with van der Waals surface area (Å²) in [6.45, 7) is 5.02. The maximum Gasteiger partial charge on any atom is 0.147 e. The second kappa shape index (κ2) is 5.42. The standard InChI is InChI=1S/C12H18N4S/c1-8(2)5-9(6-13)16-12-11-10(3-4-17-11)14-7-15-12/h3-4,7-9H,5-6,13H2,1-2H3,(H,14,15,16). The Labute approximate surface area is 105 Å². The molecule has 2 rings (SSSR count). The van der Waals surface area contributed by atoms with E-state index in [0.29, 0.717) is 12.5 Å². The molecule has 0 aliphatic carbocycles. The third-order valence-corrected chi connectivity index (χ3v) is 3.53. The van der Waals surface area contributed by atoms with Gasteiger partial charge >= 0.3 is 0 Å². The van der Waals surface area contributed by atoms with Crippen LogP contribution in [0.4, 0.5) is 5.82 Å². The highest BCUT2D eigenvalue weighted by molar-refractivity contribution is 7.17. The molecule has 0 aromatic carbocycles. The lowest BCUT2D eigenvalue weighted by molar-refractivity contribution is 0.521. The van der Waals surface area contributed by atoms with Crippen molar-refractivity contribution in [2.45, 2.75) is 26.3 Å². The maximum absolute atomic E-state index is 5.79. The molecule has 4 nitrogen and oxygen atoms in total. The quantitative estimate of drug-likeness (QED) is 0.855. The zero-order valence-electron chi connectivity index (χ0n) is 10.2. The summed E-state index contributed by atoms with van der Waals surface area (Å²) in [5, 5.41) is 5.46. The minimum absolute atomic E-state index is 0.273. The summed E-state index contributed by atoms with van der Waals surface area (Å²) in [4.78, 5) is 8.53. The topological polar surface area (TPSA) is 63.8 Å². The Morgan fingerprint density at radius 2 is 2.24 bits per heavy atom. The van der Waals surface area contributed by atoms with Gasteiger partial charge < -0.3 is 11.1 Å². The van der Waals surface area contributed by atoms with Gasteiger partial charge in [-0.15, -0.1) is 11.3 Å². The third-order valence-electron chi connectivity index (χ3n) is 2.62. The average molecular weight is 250 g/mol. The highest BCUT2D eigenvalue weighted by Gasteiger charge is 2.12. The highest BCUT2D eigenvalue weighted by Crippen LogP contribution is 2.25. The summed E-state index contributed by atoms with van der Waals surface area (Å²) >= 11 is 1.66. The Hall–Kier alpha value is -1.20. The lowest BCUT2D eigenvalue weighted by atomic mass is 10.0. The lowest BCUT2D eigenvalue weighted by Crippen LogP contribution is -2.30. The van der Waals surface area contributed by atoms with E-state index in [-0.39, 0.29) is 6.04 Å². The van der Waals surface area contributed by atoms with Crippen LogP contribution in [-0.4, -0.2) is 22.6 Å². The lowest BCUT2D eigenvalue weighted by Gasteiger charge is -2.19. The molecule has 0 fully saturated rings. The molecule has 2 heterocycles. The van der Waals surface area contributed by atoms with Crippen molar-refractivity contribution in [2.75, 3.05) is 11.9 Å². The van der Waals surface area contributed by atoms with Crippen LogP contribution in [0.25, 0.3) is 10.2 Å². The molecule has 92 valence electrons. The van der Waals surface area contributed by atoms with Gasteiger partial charge in [-0.3, -0.25) is 0 Å².